The molecule has 0 amide bonds. The summed E-state index contributed by atoms with van der Waals surface area (Å²) in [5, 5.41) is 0. The van der Waals surface area contributed by atoms with Gasteiger partial charge in [-0.15, -0.1) is 6.58 Å². The van der Waals surface area contributed by atoms with Gasteiger partial charge in [0.05, 0.1) is 0 Å². The number of allylic oxidation sites excluding steroid dienone is 1. The summed E-state index contributed by atoms with van der Waals surface area (Å²) in [7, 11) is 0. The van der Waals surface area contributed by atoms with Gasteiger partial charge >= 0.3 is 0 Å². The van der Waals surface area contributed by atoms with Crippen LogP contribution in [0.3, 0.4) is 0 Å². The number of hydrogen-bond donors (Lipinski definition) is 0. The van der Waals surface area contributed by atoms with Gasteiger partial charge in [-0.1, -0.05) is 42.8 Å². The van der Waals surface area contributed by atoms with Gasteiger partial charge in [0.25, 0.3) is 0 Å². The third-order valence-corrected chi connectivity index (χ3v) is 2.45. The SMILES string of the molecule is C=CCCC(C)c1ccc(C)cc1. The second-order valence-corrected chi connectivity index (χ2v) is 3.68. The van der Waals surface area contributed by atoms with Crippen molar-refractivity contribution >= 4 is 0 Å². The van der Waals surface area contributed by atoms with Crippen molar-refractivity contribution in [3.05, 3.63) is 48.0 Å². The van der Waals surface area contributed by atoms with Crippen molar-refractivity contribution in [2.45, 2.75) is 32.6 Å². The molecule has 0 bridgehead atoms. The van der Waals surface area contributed by atoms with Gasteiger partial charge in [-0.3, -0.25) is 0 Å². The van der Waals surface area contributed by atoms with Gasteiger partial charge in [-0.2, -0.15) is 0 Å². The van der Waals surface area contributed by atoms with Crippen LogP contribution >= 0.6 is 0 Å². The zero-order valence-corrected chi connectivity index (χ0v) is 8.59. The first-order valence-corrected chi connectivity index (χ1v) is 4.91. The van der Waals surface area contributed by atoms with Crippen LogP contribution in [0.15, 0.2) is 36.9 Å². The third kappa shape index (κ3) is 3.06. The Balaban J connectivity index is 2.60. The molecule has 1 aromatic rings. The highest BCUT2D eigenvalue weighted by molar-refractivity contribution is 5.23. The maximum atomic E-state index is 3.74. The lowest BCUT2D eigenvalue weighted by molar-refractivity contribution is 0.691. The first kappa shape index (κ1) is 10.0. The standard InChI is InChI=1S/C13H18/c1-4-5-6-12(3)13-9-7-11(2)8-10-13/h4,7-10,12H,1,5-6H2,2-3H3. The summed E-state index contributed by atoms with van der Waals surface area (Å²) in [6.45, 7) is 8.14. The van der Waals surface area contributed by atoms with Gasteiger partial charge in [-0.05, 0) is 31.2 Å². The van der Waals surface area contributed by atoms with Crippen LogP contribution in [0.2, 0.25) is 0 Å². The van der Waals surface area contributed by atoms with Crippen LogP contribution in [0, 0.1) is 6.92 Å². The molecule has 0 aliphatic heterocycles. The predicted molar refractivity (Wildman–Crippen MR) is 59.0 cm³/mol. The summed E-state index contributed by atoms with van der Waals surface area (Å²) in [4.78, 5) is 0. The summed E-state index contributed by atoms with van der Waals surface area (Å²) in [5.74, 6) is 0.651. The summed E-state index contributed by atoms with van der Waals surface area (Å²) in [6, 6.07) is 8.81. The summed E-state index contributed by atoms with van der Waals surface area (Å²) >= 11 is 0. The van der Waals surface area contributed by atoms with E-state index in [1.165, 1.54) is 17.5 Å². The number of rotatable bonds is 4. The Morgan fingerprint density at radius 2 is 1.92 bits per heavy atom. The van der Waals surface area contributed by atoms with E-state index in [2.05, 4.69) is 44.7 Å². The molecular weight excluding hydrogens is 156 g/mol. The van der Waals surface area contributed by atoms with Crippen LogP contribution in [0.4, 0.5) is 0 Å². The summed E-state index contributed by atoms with van der Waals surface area (Å²) in [6.07, 6.45) is 4.30. The number of benzene rings is 1. The van der Waals surface area contributed by atoms with Crippen molar-refractivity contribution in [3.63, 3.8) is 0 Å². The van der Waals surface area contributed by atoms with E-state index in [1.807, 2.05) is 6.08 Å². The van der Waals surface area contributed by atoms with Gasteiger partial charge in [0.15, 0.2) is 0 Å². The lowest BCUT2D eigenvalue weighted by atomic mass is 9.95. The van der Waals surface area contributed by atoms with E-state index >= 15 is 0 Å². The molecule has 0 heteroatoms. The van der Waals surface area contributed by atoms with Crippen LogP contribution < -0.4 is 0 Å². The predicted octanol–water partition coefficient (Wildman–Crippen LogP) is 4.06. The Bertz CT molecular complexity index is 256. The van der Waals surface area contributed by atoms with Gasteiger partial charge in [0, 0.05) is 0 Å². The molecule has 13 heavy (non-hydrogen) atoms. The molecule has 1 rings (SSSR count). The van der Waals surface area contributed by atoms with Crippen LogP contribution in [0.5, 0.6) is 0 Å². The molecule has 0 nitrogen and oxygen atoms in total. The molecule has 0 heterocycles. The first-order chi connectivity index (χ1) is 6.24. The monoisotopic (exact) mass is 174 g/mol. The first-order valence-electron chi connectivity index (χ1n) is 4.91. The van der Waals surface area contributed by atoms with Gasteiger partial charge in [0.1, 0.15) is 0 Å². The second-order valence-electron chi connectivity index (χ2n) is 3.68. The molecule has 1 aromatic carbocycles. The van der Waals surface area contributed by atoms with Crippen molar-refractivity contribution in [1.82, 2.24) is 0 Å². The molecule has 1 unspecified atom stereocenters. The fourth-order valence-electron chi connectivity index (χ4n) is 1.43. The van der Waals surface area contributed by atoms with Crippen molar-refractivity contribution in [1.29, 1.82) is 0 Å². The Hall–Kier alpha value is -1.04. The fourth-order valence-corrected chi connectivity index (χ4v) is 1.43. The molecule has 0 N–H and O–H groups in total. The molecule has 0 saturated carbocycles. The smallest absolute Gasteiger partial charge is 0.0187 e. The number of aryl methyl sites for hydroxylation is 1. The molecule has 0 aromatic heterocycles. The highest BCUT2D eigenvalue weighted by Crippen LogP contribution is 2.20. The van der Waals surface area contributed by atoms with E-state index in [0.29, 0.717) is 5.92 Å². The second kappa shape index (κ2) is 4.86. The Kier molecular flexibility index (Phi) is 3.75. The minimum absolute atomic E-state index is 0.651. The van der Waals surface area contributed by atoms with E-state index in [1.54, 1.807) is 0 Å². The number of hydrogen-bond acceptors (Lipinski definition) is 0. The van der Waals surface area contributed by atoms with Crippen molar-refractivity contribution in [2.24, 2.45) is 0 Å². The molecule has 70 valence electrons. The highest BCUT2D eigenvalue weighted by Gasteiger charge is 2.02. The Morgan fingerprint density at radius 1 is 1.31 bits per heavy atom. The average Bonchev–Trinajstić information content (AvgIpc) is 2.15. The molecule has 0 spiro atoms. The van der Waals surface area contributed by atoms with Crippen molar-refractivity contribution in [2.75, 3.05) is 0 Å². The molecular formula is C13H18. The van der Waals surface area contributed by atoms with E-state index in [0.717, 1.165) is 6.42 Å². The van der Waals surface area contributed by atoms with E-state index in [-0.39, 0.29) is 0 Å². The molecule has 0 saturated heterocycles. The lowest BCUT2D eigenvalue weighted by Crippen LogP contribution is -1.92. The minimum Gasteiger partial charge on any atom is -0.103 e. The van der Waals surface area contributed by atoms with E-state index in [4.69, 9.17) is 0 Å². The van der Waals surface area contributed by atoms with E-state index < -0.39 is 0 Å². The fraction of sp³-hybridized carbons (Fsp3) is 0.385. The van der Waals surface area contributed by atoms with E-state index in [9.17, 15) is 0 Å². The Labute approximate surface area is 81.3 Å². The minimum atomic E-state index is 0.651. The molecule has 0 aliphatic carbocycles. The largest absolute Gasteiger partial charge is 0.103 e. The molecule has 0 aliphatic rings. The zero-order valence-electron chi connectivity index (χ0n) is 8.59. The average molecular weight is 174 g/mol. The van der Waals surface area contributed by atoms with Gasteiger partial charge in [0.2, 0.25) is 0 Å². The summed E-state index contributed by atoms with van der Waals surface area (Å²) in [5.41, 5.74) is 2.77. The van der Waals surface area contributed by atoms with Crippen LogP contribution in [-0.4, -0.2) is 0 Å². The van der Waals surface area contributed by atoms with Crippen LogP contribution in [0.1, 0.15) is 36.8 Å². The van der Waals surface area contributed by atoms with Crippen molar-refractivity contribution < 1.29 is 0 Å². The zero-order chi connectivity index (χ0) is 9.68. The molecule has 1 atom stereocenters. The quantitative estimate of drug-likeness (QED) is 0.604. The van der Waals surface area contributed by atoms with Gasteiger partial charge < -0.3 is 0 Å². The van der Waals surface area contributed by atoms with Crippen LogP contribution in [-0.2, 0) is 0 Å². The van der Waals surface area contributed by atoms with Gasteiger partial charge in [-0.25, -0.2) is 0 Å². The van der Waals surface area contributed by atoms with Crippen molar-refractivity contribution in [3.8, 4) is 0 Å². The highest BCUT2D eigenvalue weighted by atomic mass is 14.1. The lowest BCUT2D eigenvalue weighted by Gasteiger charge is -2.10. The third-order valence-electron chi connectivity index (χ3n) is 2.45. The topological polar surface area (TPSA) is 0 Å². The van der Waals surface area contributed by atoms with Crippen LogP contribution in [0.25, 0.3) is 0 Å². The molecule has 0 fully saturated rings. The maximum Gasteiger partial charge on any atom is -0.0187 e. The maximum absolute atomic E-state index is 3.74. The Morgan fingerprint density at radius 3 is 2.46 bits per heavy atom. The summed E-state index contributed by atoms with van der Waals surface area (Å²) < 4.78 is 0. The normalized spacial score (nSPS) is 12.5. The molecule has 0 radical (unpaired) electrons.